The summed E-state index contributed by atoms with van der Waals surface area (Å²) in [7, 11) is 0. The van der Waals surface area contributed by atoms with Crippen LogP contribution in [0, 0.1) is 6.92 Å². The van der Waals surface area contributed by atoms with Gasteiger partial charge in [-0.05, 0) is 30.8 Å². The normalized spacial score (nSPS) is 12.0. The molecule has 0 saturated carbocycles. The van der Waals surface area contributed by atoms with Gasteiger partial charge in [-0.3, -0.25) is 9.98 Å². The molecule has 3 rings (SSSR count). The second-order valence-electron chi connectivity index (χ2n) is 6.11. The topological polar surface area (TPSA) is 24.7 Å². The highest BCUT2D eigenvalue weighted by Gasteiger charge is 2.05. The van der Waals surface area contributed by atoms with Crippen molar-refractivity contribution in [1.29, 1.82) is 0 Å². The molecule has 2 heteroatoms. The number of nitrogens with zero attached hydrogens (tertiary/aromatic N) is 2. The van der Waals surface area contributed by atoms with Crippen LogP contribution in [0.4, 0.5) is 0 Å². The Bertz CT molecular complexity index is 905. The van der Waals surface area contributed by atoms with E-state index in [1.54, 1.807) is 0 Å². The molecule has 0 fully saturated rings. The van der Waals surface area contributed by atoms with E-state index in [2.05, 4.69) is 55.0 Å². The second-order valence-corrected chi connectivity index (χ2v) is 6.11. The lowest BCUT2D eigenvalue weighted by Gasteiger charge is -2.06. The Kier molecular flexibility index (Phi) is 5.89. The van der Waals surface area contributed by atoms with Gasteiger partial charge in [-0.2, -0.15) is 0 Å². The number of hydrogen-bond donors (Lipinski definition) is 0. The molecule has 0 bridgehead atoms. The van der Waals surface area contributed by atoms with Gasteiger partial charge >= 0.3 is 0 Å². The van der Waals surface area contributed by atoms with Gasteiger partial charge < -0.3 is 0 Å². The average molecular weight is 338 g/mol. The molecule has 2 nitrogen and oxygen atoms in total. The van der Waals surface area contributed by atoms with Crippen molar-refractivity contribution < 1.29 is 0 Å². The summed E-state index contributed by atoms with van der Waals surface area (Å²) in [5.74, 6) is 0. The maximum absolute atomic E-state index is 4.86. The Morgan fingerprint density at radius 3 is 1.96 bits per heavy atom. The van der Waals surface area contributed by atoms with E-state index in [-0.39, 0.29) is 0 Å². The van der Waals surface area contributed by atoms with Crippen LogP contribution in [0.25, 0.3) is 5.70 Å². The first kappa shape index (κ1) is 17.6. The number of benzene rings is 3. The molecule has 0 atom stereocenters. The van der Waals surface area contributed by atoms with E-state index >= 15 is 0 Å². The zero-order chi connectivity index (χ0) is 18.2. The zero-order valence-electron chi connectivity index (χ0n) is 15.0. The fourth-order valence-corrected chi connectivity index (χ4v) is 2.66. The molecule has 26 heavy (non-hydrogen) atoms. The van der Waals surface area contributed by atoms with Gasteiger partial charge in [0.15, 0.2) is 0 Å². The van der Waals surface area contributed by atoms with Crippen LogP contribution < -0.4 is 0 Å². The number of aliphatic imine (C=N–C) groups is 2. The molecule has 0 amide bonds. The van der Waals surface area contributed by atoms with E-state index in [1.807, 2.05) is 54.6 Å². The van der Waals surface area contributed by atoms with E-state index in [1.165, 1.54) is 11.1 Å². The van der Waals surface area contributed by atoms with E-state index in [9.17, 15) is 0 Å². The maximum atomic E-state index is 4.86. The summed E-state index contributed by atoms with van der Waals surface area (Å²) >= 11 is 0. The molecule has 3 aromatic rings. The van der Waals surface area contributed by atoms with Crippen molar-refractivity contribution in [2.24, 2.45) is 9.98 Å². The molecule has 3 aromatic carbocycles. The first-order valence-electron chi connectivity index (χ1n) is 8.65. The van der Waals surface area contributed by atoms with Gasteiger partial charge in [0.1, 0.15) is 0 Å². The van der Waals surface area contributed by atoms with Crippen LogP contribution in [0.15, 0.2) is 101 Å². The highest BCUT2D eigenvalue weighted by Crippen LogP contribution is 2.17. The largest absolute Gasteiger partial charge is 0.280 e. The number of rotatable bonds is 6. The van der Waals surface area contributed by atoms with Crippen LogP contribution in [0.2, 0.25) is 0 Å². The molecule has 0 saturated heterocycles. The highest BCUT2D eigenvalue weighted by molar-refractivity contribution is 6.12. The van der Waals surface area contributed by atoms with Crippen molar-refractivity contribution in [3.63, 3.8) is 0 Å². The maximum Gasteiger partial charge on any atom is 0.0716 e. The third-order valence-electron chi connectivity index (χ3n) is 4.14. The van der Waals surface area contributed by atoms with Crippen LogP contribution in [-0.2, 0) is 6.54 Å². The minimum absolute atomic E-state index is 0.625. The monoisotopic (exact) mass is 338 g/mol. The molecule has 0 aromatic heterocycles. The fraction of sp³-hybridized carbons (Fsp3) is 0.0833. The Morgan fingerprint density at radius 2 is 1.38 bits per heavy atom. The van der Waals surface area contributed by atoms with Crippen LogP contribution in [0.3, 0.4) is 0 Å². The summed E-state index contributed by atoms with van der Waals surface area (Å²) < 4.78 is 0. The molecular formula is C24H22N2. The molecule has 0 spiro atoms. The standard InChI is InChI=1S/C24H22N2/c1-19-13-15-20(16-14-19)18-26-24(22-11-7-4-8-12-22)17-23(25-2)21-9-5-3-6-10-21/h3-17H,2,18H2,1H3/b23-17-,26-24?. The van der Waals surface area contributed by atoms with Crippen molar-refractivity contribution >= 4 is 18.1 Å². The minimum Gasteiger partial charge on any atom is -0.280 e. The molecule has 0 unspecified atom stereocenters. The van der Waals surface area contributed by atoms with E-state index < -0.39 is 0 Å². The van der Waals surface area contributed by atoms with Crippen molar-refractivity contribution in [1.82, 2.24) is 0 Å². The number of hydrogen-bond acceptors (Lipinski definition) is 2. The summed E-state index contributed by atoms with van der Waals surface area (Å²) in [6.45, 7) is 6.45. The molecule has 0 aliphatic heterocycles. The van der Waals surface area contributed by atoms with Crippen LogP contribution in [-0.4, -0.2) is 12.4 Å². The van der Waals surface area contributed by atoms with Gasteiger partial charge in [-0.1, -0.05) is 90.5 Å². The Labute approximate surface area is 155 Å². The van der Waals surface area contributed by atoms with Gasteiger partial charge in [0.25, 0.3) is 0 Å². The van der Waals surface area contributed by atoms with E-state index in [0.29, 0.717) is 6.54 Å². The predicted octanol–water partition coefficient (Wildman–Crippen LogP) is 5.73. The van der Waals surface area contributed by atoms with Crippen molar-refractivity contribution in [3.05, 3.63) is 113 Å². The van der Waals surface area contributed by atoms with Crippen molar-refractivity contribution in [2.45, 2.75) is 13.5 Å². The number of allylic oxidation sites excluding steroid dienone is 1. The summed E-state index contributed by atoms with van der Waals surface area (Å²) in [4.78, 5) is 9.08. The lowest BCUT2D eigenvalue weighted by Crippen LogP contribution is -1.99. The molecule has 0 heterocycles. The van der Waals surface area contributed by atoms with Crippen molar-refractivity contribution in [2.75, 3.05) is 0 Å². The first-order valence-corrected chi connectivity index (χ1v) is 8.65. The summed E-state index contributed by atoms with van der Waals surface area (Å²) in [5.41, 5.74) is 6.25. The average Bonchev–Trinajstić information content (AvgIpc) is 2.71. The first-order chi connectivity index (χ1) is 12.8. The fourth-order valence-electron chi connectivity index (χ4n) is 2.66. The van der Waals surface area contributed by atoms with Gasteiger partial charge in [-0.15, -0.1) is 0 Å². The lowest BCUT2D eigenvalue weighted by molar-refractivity contribution is 1.07. The quantitative estimate of drug-likeness (QED) is 0.513. The van der Waals surface area contributed by atoms with Gasteiger partial charge in [0.05, 0.1) is 18.0 Å². The Morgan fingerprint density at radius 1 is 0.808 bits per heavy atom. The molecule has 0 aliphatic rings. The Hall–Kier alpha value is -3.26. The van der Waals surface area contributed by atoms with Gasteiger partial charge in [0.2, 0.25) is 0 Å². The summed E-state index contributed by atoms with van der Waals surface area (Å²) in [6, 6.07) is 28.7. The van der Waals surface area contributed by atoms with Crippen LogP contribution in [0.5, 0.6) is 0 Å². The van der Waals surface area contributed by atoms with Crippen molar-refractivity contribution in [3.8, 4) is 0 Å². The molecular weight excluding hydrogens is 316 g/mol. The summed E-state index contributed by atoms with van der Waals surface area (Å²) in [5, 5.41) is 0. The molecule has 0 aliphatic carbocycles. The molecule has 0 radical (unpaired) electrons. The zero-order valence-corrected chi connectivity index (χ0v) is 15.0. The lowest BCUT2D eigenvalue weighted by atomic mass is 10.1. The minimum atomic E-state index is 0.625. The molecule has 128 valence electrons. The Balaban J connectivity index is 1.98. The second kappa shape index (κ2) is 8.72. The SMILES string of the molecule is C=N/C(=C\C(=NCc1ccc(C)cc1)c1ccccc1)c1ccccc1. The van der Waals surface area contributed by atoms with E-state index in [4.69, 9.17) is 4.99 Å². The third kappa shape index (κ3) is 4.64. The van der Waals surface area contributed by atoms with Gasteiger partial charge in [0, 0.05) is 5.56 Å². The number of aryl methyl sites for hydroxylation is 1. The predicted molar refractivity (Wildman–Crippen MR) is 112 cm³/mol. The smallest absolute Gasteiger partial charge is 0.0716 e. The van der Waals surface area contributed by atoms with Crippen LogP contribution in [0.1, 0.15) is 22.3 Å². The van der Waals surface area contributed by atoms with Gasteiger partial charge in [-0.25, -0.2) is 0 Å². The highest BCUT2D eigenvalue weighted by atomic mass is 14.8. The third-order valence-corrected chi connectivity index (χ3v) is 4.14. The molecule has 0 N–H and O–H groups in total. The summed E-state index contributed by atoms with van der Waals surface area (Å²) in [6.07, 6.45) is 2.01. The van der Waals surface area contributed by atoms with E-state index in [0.717, 1.165) is 22.5 Å². The van der Waals surface area contributed by atoms with Crippen LogP contribution >= 0.6 is 0 Å².